The first-order chi connectivity index (χ1) is 15.5. The molecule has 0 amide bonds. The molecule has 2 atom stereocenters. The van der Waals surface area contributed by atoms with Gasteiger partial charge in [0.15, 0.2) is 23.0 Å². The molecule has 1 aliphatic rings. The first kappa shape index (κ1) is 23.6. The maximum atomic E-state index is 10.2. The predicted octanol–water partition coefficient (Wildman–Crippen LogP) is 3.86. The summed E-state index contributed by atoms with van der Waals surface area (Å²) in [5.74, 6) is 3.07. The Morgan fingerprint density at radius 3 is 1.34 bits per heavy atom. The maximum absolute atomic E-state index is 10.2. The SMILES string of the molecule is COc1cc([C@@H]2O[C@H](c3cc(OC)c(OC)c(OC)c3)C(CO)=C2C)cc(OC)c1OC. The molecule has 3 rings (SSSR count). The van der Waals surface area contributed by atoms with E-state index in [1.807, 2.05) is 31.2 Å². The minimum Gasteiger partial charge on any atom is -0.493 e. The fourth-order valence-corrected chi connectivity index (χ4v) is 4.02. The van der Waals surface area contributed by atoms with Gasteiger partial charge in [0.05, 0.1) is 49.3 Å². The molecule has 8 heteroatoms. The van der Waals surface area contributed by atoms with Crippen LogP contribution in [0.15, 0.2) is 35.4 Å². The molecule has 1 heterocycles. The molecule has 0 unspecified atom stereocenters. The molecule has 174 valence electrons. The highest BCUT2D eigenvalue weighted by Gasteiger charge is 2.36. The van der Waals surface area contributed by atoms with E-state index in [1.54, 1.807) is 42.7 Å². The second kappa shape index (κ2) is 10.0. The van der Waals surface area contributed by atoms with Crippen LogP contribution in [0, 0.1) is 0 Å². The first-order valence-electron chi connectivity index (χ1n) is 10.0. The quantitative estimate of drug-likeness (QED) is 0.582. The van der Waals surface area contributed by atoms with Gasteiger partial charge in [-0.05, 0) is 53.5 Å². The molecule has 32 heavy (non-hydrogen) atoms. The van der Waals surface area contributed by atoms with Crippen molar-refractivity contribution in [3.8, 4) is 34.5 Å². The van der Waals surface area contributed by atoms with E-state index in [-0.39, 0.29) is 6.61 Å². The Balaban J connectivity index is 2.08. The summed E-state index contributed by atoms with van der Waals surface area (Å²) in [4.78, 5) is 0. The summed E-state index contributed by atoms with van der Waals surface area (Å²) in [6, 6.07) is 7.35. The monoisotopic (exact) mass is 446 g/mol. The third-order valence-corrected chi connectivity index (χ3v) is 5.64. The third kappa shape index (κ3) is 4.03. The van der Waals surface area contributed by atoms with Crippen LogP contribution in [0.4, 0.5) is 0 Å². The van der Waals surface area contributed by atoms with Gasteiger partial charge in [0, 0.05) is 0 Å². The van der Waals surface area contributed by atoms with Gasteiger partial charge >= 0.3 is 0 Å². The fourth-order valence-electron chi connectivity index (χ4n) is 4.02. The molecule has 0 spiro atoms. The number of ether oxygens (including phenoxy) is 7. The van der Waals surface area contributed by atoms with Gasteiger partial charge in [0.2, 0.25) is 11.5 Å². The minimum atomic E-state index is -0.502. The zero-order chi connectivity index (χ0) is 23.4. The van der Waals surface area contributed by atoms with Gasteiger partial charge in [-0.15, -0.1) is 0 Å². The first-order valence-corrected chi connectivity index (χ1v) is 10.0. The van der Waals surface area contributed by atoms with Crippen molar-refractivity contribution in [2.45, 2.75) is 19.1 Å². The smallest absolute Gasteiger partial charge is 0.203 e. The van der Waals surface area contributed by atoms with E-state index >= 15 is 0 Å². The summed E-state index contributed by atoms with van der Waals surface area (Å²) >= 11 is 0. The number of aliphatic hydroxyl groups excluding tert-OH is 1. The van der Waals surface area contributed by atoms with Crippen molar-refractivity contribution in [1.29, 1.82) is 0 Å². The van der Waals surface area contributed by atoms with Gasteiger partial charge in [-0.3, -0.25) is 0 Å². The summed E-state index contributed by atoms with van der Waals surface area (Å²) < 4.78 is 39.3. The van der Waals surface area contributed by atoms with Crippen LogP contribution < -0.4 is 28.4 Å². The number of methoxy groups -OCH3 is 6. The summed E-state index contributed by atoms with van der Waals surface area (Å²) in [5, 5.41) is 10.2. The van der Waals surface area contributed by atoms with Gasteiger partial charge < -0.3 is 38.3 Å². The van der Waals surface area contributed by atoms with Crippen molar-refractivity contribution < 1.29 is 38.3 Å². The lowest BCUT2D eigenvalue weighted by Gasteiger charge is -2.21. The van der Waals surface area contributed by atoms with Crippen molar-refractivity contribution >= 4 is 0 Å². The van der Waals surface area contributed by atoms with E-state index in [2.05, 4.69) is 0 Å². The second-order valence-corrected chi connectivity index (χ2v) is 7.18. The maximum Gasteiger partial charge on any atom is 0.203 e. The highest BCUT2D eigenvalue weighted by Crippen LogP contribution is 2.50. The molecule has 0 saturated heterocycles. The van der Waals surface area contributed by atoms with Crippen LogP contribution in [0.5, 0.6) is 34.5 Å². The standard InChI is InChI=1S/C24H30O8/c1-13-16(12-25)22(15-10-19(28-4)24(31-7)20(11-15)29-5)32-21(13)14-8-17(26-2)23(30-6)18(9-14)27-3/h8-11,21-22,25H,12H2,1-7H3/t21-,22-/m1/s1. The van der Waals surface area contributed by atoms with Crippen molar-refractivity contribution in [3.05, 3.63) is 46.5 Å². The van der Waals surface area contributed by atoms with Gasteiger partial charge in [0.1, 0.15) is 12.2 Å². The van der Waals surface area contributed by atoms with Crippen molar-refractivity contribution in [1.82, 2.24) is 0 Å². The highest BCUT2D eigenvalue weighted by molar-refractivity contribution is 5.57. The summed E-state index contributed by atoms with van der Waals surface area (Å²) in [7, 11) is 9.36. The zero-order valence-corrected chi connectivity index (χ0v) is 19.5. The lowest BCUT2D eigenvalue weighted by molar-refractivity contribution is 0.0474. The van der Waals surface area contributed by atoms with Crippen LogP contribution in [-0.2, 0) is 4.74 Å². The Labute approximate surface area is 188 Å². The molecule has 1 N–H and O–H groups in total. The Kier molecular flexibility index (Phi) is 7.37. The Morgan fingerprint density at radius 2 is 1.03 bits per heavy atom. The molecule has 0 bridgehead atoms. The van der Waals surface area contributed by atoms with Crippen molar-refractivity contribution in [2.24, 2.45) is 0 Å². The van der Waals surface area contributed by atoms with Crippen LogP contribution in [0.1, 0.15) is 30.3 Å². The van der Waals surface area contributed by atoms with Crippen LogP contribution in [0.25, 0.3) is 0 Å². The number of hydrogen-bond acceptors (Lipinski definition) is 8. The molecular formula is C24H30O8. The second-order valence-electron chi connectivity index (χ2n) is 7.18. The van der Waals surface area contributed by atoms with Gasteiger partial charge in [-0.25, -0.2) is 0 Å². The largest absolute Gasteiger partial charge is 0.493 e. The number of benzene rings is 2. The average Bonchev–Trinajstić information content (AvgIpc) is 3.17. The van der Waals surface area contributed by atoms with E-state index in [0.29, 0.717) is 34.5 Å². The Bertz CT molecular complexity index is 947. The molecule has 2 aromatic carbocycles. The predicted molar refractivity (Wildman–Crippen MR) is 119 cm³/mol. The number of rotatable bonds is 9. The van der Waals surface area contributed by atoms with E-state index in [0.717, 1.165) is 22.3 Å². The fraction of sp³-hybridized carbons (Fsp3) is 0.417. The molecule has 1 aliphatic heterocycles. The minimum absolute atomic E-state index is 0.159. The average molecular weight is 446 g/mol. The molecule has 0 fully saturated rings. The summed E-state index contributed by atoms with van der Waals surface area (Å²) in [5.41, 5.74) is 3.26. The van der Waals surface area contributed by atoms with E-state index < -0.39 is 12.2 Å². The van der Waals surface area contributed by atoms with Crippen molar-refractivity contribution in [2.75, 3.05) is 49.3 Å². The lowest BCUT2D eigenvalue weighted by Crippen LogP contribution is -2.07. The van der Waals surface area contributed by atoms with Crippen LogP contribution in [0.3, 0.4) is 0 Å². The van der Waals surface area contributed by atoms with Crippen LogP contribution in [-0.4, -0.2) is 54.4 Å². The molecule has 0 saturated carbocycles. The van der Waals surface area contributed by atoms with Gasteiger partial charge in [0.25, 0.3) is 0 Å². The number of hydrogen-bond donors (Lipinski definition) is 1. The molecule has 2 aromatic rings. The van der Waals surface area contributed by atoms with Crippen LogP contribution in [0.2, 0.25) is 0 Å². The van der Waals surface area contributed by atoms with Crippen molar-refractivity contribution in [3.63, 3.8) is 0 Å². The third-order valence-electron chi connectivity index (χ3n) is 5.64. The molecule has 8 nitrogen and oxygen atoms in total. The Morgan fingerprint density at radius 1 is 0.656 bits per heavy atom. The topological polar surface area (TPSA) is 84.8 Å². The van der Waals surface area contributed by atoms with E-state index in [9.17, 15) is 5.11 Å². The van der Waals surface area contributed by atoms with Crippen LogP contribution >= 0.6 is 0 Å². The van der Waals surface area contributed by atoms with Gasteiger partial charge in [-0.2, -0.15) is 0 Å². The van der Waals surface area contributed by atoms with E-state index in [4.69, 9.17) is 33.2 Å². The summed E-state index contributed by atoms with van der Waals surface area (Å²) in [6.07, 6.45) is -0.923. The molecule has 0 aromatic heterocycles. The summed E-state index contributed by atoms with van der Waals surface area (Å²) in [6.45, 7) is 1.78. The molecule has 0 aliphatic carbocycles. The number of aliphatic hydroxyl groups is 1. The highest BCUT2D eigenvalue weighted by atomic mass is 16.5. The zero-order valence-electron chi connectivity index (χ0n) is 19.5. The van der Waals surface area contributed by atoms with E-state index in [1.165, 1.54) is 0 Å². The normalized spacial score (nSPS) is 17.9. The molecular weight excluding hydrogens is 416 g/mol. The Hall–Kier alpha value is -3.10. The van der Waals surface area contributed by atoms with Gasteiger partial charge in [-0.1, -0.05) is 0 Å². The molecule has 0 radical (unpaired) electrons. The lowest BCUT2D eigenvalue weighted by atomic mass is 9.96.